The van der Waals surface area contributed by atoms with Gasteiger partial charge < -0.3 is 10.1 Å². The van der Waals surface area contributed by atoms with Crippen molar-refractivity contribution in [2.75, 3.05) is 6.61 Å². The number of hydrogen-bond donors (Lipinski definition) is 1. The van der Waals surface area contributed by atoms with Gasteiger partial charge >= 0.3 is 0 Å². The lowest BCUT2D eigenvalue weighted by atomic mass is 10.1. The highest BCUT2D eigenvalue weighted by Crippen LogP contribution is 2.26. The highest BCUT2D eigenvalue weighted by atomic mass is 16.5. The Morgan fingerprint density at radius 1 is 0.865 bits per heavy atom. The lowest BCUT2D eigenvalue weighted by Gasteiger charge is -2.16. The Morgan fingerprint density at radius 2 is 1.59 bits per heavy atom. The maximum Gasteiger partial charge on any atom is 0.261 e. The summed E-state index contributed by atoms with van der Waals surface area (Å²) in [6.07, 6.45) is 3.64. The van der Waals surface area contributed by atoms with Crippen LogP contribution in [0.2, 0.25) is 0 Å². The number of aromatic nitrogens is 2. The van der Waals surface area contributed by atoms with E-state index in [9.17, 15) is 14.4 Å². The number of imide groups is 1. The first-order chi connectivity index (χ1) is 18.0. The summed E-state index contributed by atoms with van der Waals surface area (Å²) >= 11 is 0. The predicted molar refractivity (Wildman–Crippen MR) is 137 cm³/mol. The van der Waals surface area contributed by atoms with Crippen LogP contribution in [0.25, 0.3) is 0 Å². The van der Waals surface area contributed by atoms with Crippen LogP contribution in [0.5, 0.6) is 5.75 Å². The van der Waals surface area contributed by atoms with Crippen molar-refractivity contribution in [1.29, 1.82) is 0 Å². The van der Waals surface area contributed by atoms with Gasteiger partial charge in [-0.2, -0.15) is 5.10 Å². The van der Waals surface area contributed by atoms with Crippen molar-refractivity contribution in [1.82, 2.24) is 20.0 Å². The first-order valence-corrected chi connectivity index (χ1v) is 12.1. The second kappa shape index (κ2) is 10.5. The van der Waals surface area contributed by atoms with Gasteiger partial charge in [0.05, 0.1) is 36.4 Å². The van der Waals surface area contributed by atoms with Crippen molar-refractivity contribution in [3.63, 3.8) is 0 Å². The van der Waals surface area contributed by atoms with E-state index in [1.54, 1.807) is 48.7 Å². The molecule has 0 spiro atoms. The van der Waals surface area contributed by atoms with E-state index < -0.39 is 0 Å². The van der Waals surface area contributed by atoms with Crippen molar-refractivity contribution in [3.8, 4) is 5.75 Å². The molecule has 0 radical (unpaired) electrons. The predicted octanol–water partition coefficient (Wildman–Crippen LogP) is 4.06. The van der Waals surface area contributed by atoms with Gasteiger partial charge in [0, 0.05) is 18.9 Å². The number of carbonyl (C=O) groups is 3. The van der Waals surface area contributed by atoms with E-state index in [1.165, 1.54) is 4.90 Å². The first kappa shape index (κ1) is 24.0. The van der Waals surface area contributed by atoms with Crippen molar-refractivity contribution in [2.24, 2.45) is 0 Å². The molecule has 0 aliphatic carbocycles. The fraction of sp³-hybridized carbons (Fsp3) is 0.172. The molecule has 3 aromatic carbocycles. The Labute approximate surface area is 214 Å². The van der Waals surface area contributed by atoms with Gasteiger partial charge in [-0.1, -0.05) is 42.5 Å². The van der Waals surface area contributed by atoms with Crippen LogP contribution in [0.3, 0.4) is 0 Å². The van der Waals surface area contributed by atoms with Crippen LogP contribution in [-0.4, -0.2) is 39.0 Å². The molecule has 0 saturated carbocycles. The summed E-state index contributed by atoms with van der Waals surface area (Å²) in [5.41, 5.74) is 3.83. The highest BCUT2D eigenvalue weighted by molar-refractivity contribution is 6.21. The molecular formula is C29H26N4O4. The van der Waals surface area contributed by atoms with E-state index in [4.69, 9.17) is 4.74 Å². The molecule has 0 unspecified atom stereocenters. The number of hydrogen-bond acceptors (Lipinski definition) is 5. The zero-order valence-corrected chi connectivity index (χ0v) is 20.4. The van der Waals surface area contributed by atoms with Crippen LogP contribution in [-0.2, 0) is 19.6 Å². The Morgan fingerprint density at radius 3 is 2.30 bits per heavy atom. The molecule has 0 bridgehead atoms. The second-order valence-electron chi connectivity index (χ2n) is 8.71. The summed E-state index contributed by atoms with van der Waals surface area (Å²) in [6, 6.07) is 21.8. The first-order valence-electron chi connectivity index (χ1n) is 12.1. The largest absolute Gasteiger partial charge is 0.493 e. The summed E-state index contributed by atoms with van der Waals surface area (Å²) in [4.78, 5) is 40.0. The lowest BCUT2D eigenvalue weighted by molar-refractivity contribution is 0.0642. The summed E-state index contributed by atoms with van der Waals surface area (Å²) in [5, 5.41) is 7.20. The number of nitrogens with zero attached hydrogens (tertiary/aromatic N) is 3. The van der Waals surface area contributed by atoms with Crippen molar-refractivity contribution in [3.05, 3.63) is 119 Å². The zero-order chi connectivity index (χ0) is 25.8. The molecule has 1 aliphatic heterocycles. The van der Waals surface area contributed by atoms with Crippen LogP contribution in [0, 0.1) is 0 Å². The molecule has 5 rings (SSSR count). The van der Waals surface area contributed by atoms with Crippen LogP contribution >= 0.6 is 0 Å². The van der Waals surface area contributed by atoms with Gasteiger partial charge in [-0.25, -0.2) is 0 Å². The van der Waals surface area contributed by atoms with Crippen molar-refractivity contribution in [2.45, 2.75) is 26.6 Å². The fourth-order valence-electron chi connectivity index (χ4n) is 4.40. The van der Waals surface area contributed by atoms with Crippen LogP contribution in [0.4, 0.5) is 0 Å². The quantitative estimate of drug-likeness (QED) is 0.354. The molecule has 37 heavy (non-hydrogen) atoms. The van der Waals surface area contributed by atoms with Gasteiger partial charge in [-0.15, -0.1) is 0 Å². The van der Waals surface area contributed by atoms with E-state index in [-0.39, 0.29) is 24.3 Å². The lowest BCUT2D eigenvalue weighted by Crippen LogP contribution is -2.29. The van der Waals surface area contributed by atoms with E-state index in [0.29, 0.717) is 47.7 Å². The van der Waals surface area contributed by atoms with Crippen LogP contribution in [0.15, 0.2) is 85.2 Å². The SMILES string of the molecule is CCOc1ccc(CN2C(=O)c3ccccc3C2=O)cc1C(=O)NCc1cccc(Cn2cccn2)c1. The second-order valence-corrected chi connectivity index (χ2v) is 8.71. The smallest absolute Gasteiger partial charge is 0.261 e. The molecular weight excluding hydrogens is 468 g/mol. The maximum atomic E-state index is 13.2. The maximum absolute atomic E-state index is 13.2. The van der Waals surface area contributed by atoms with Gasteiger partial charge in [-0.3, -0.25) is 24.0 Å². The minimum atomic E-state index is -0.338. The topological polar surface area (TPSA) is 93.5 Å². The average Bonchev–Trinajstić information content (AvgIpc) is 3.51. The molecule has 8 heteroatoms. The molecule has 2 heterocycles. The Hall–Kier alpha value is -4.72. The Balaban J connectivity index is 1.31. The zero-order valence-electron chi connectivity index (χ0n) is 20.4. The highest BCUT2D eigenvalue weighted by Gasteiger charge is 2.35. The van der Waals surface area contributed by atoms with E-state index in [2.05, 4.69) is 10.4 Å². The molecule has 4 aromatic rings. The minimum Gasteiger partial charge on any atom is -0.493 e. The summed E-state index contributed by atoms with van der Waals surface area (Å²) < 4.78 is 7.53. The average molecular weight is 495 g/mol. The Bertz CT molecular complexity index is 1430. The third-order valence-corrected chi connectivity index (χ3v) is 6.16. The normalized spacial score (nSPS) is 12.5. The molecule has 0 fully saturated rings. The van der Waals surface area contributed by atoms with E-state index >= 15 is 0 Å². The molecule has 1 aliphatic rings. The number of ether oxygens (including phenoxy) is 1. The van der Waals surface area contributed by atoms with Gasteiger partial charge in [0.1, 0.15) is 5.75 Å². The summed E-state index contributed by atoms with van der Waals surface area (Å²) in [6.45, 7) is 3.28. The number of rotatable bonds is 9. The number of amides is 3. The molecule has 1 aromatic heterocycles. The van der Waals surface area contributed by atoms with Gasteiger partial charge in [0.25, 0.3) is 17.7 Å². The third kappa shape index (κ3) is 5.13. The van der Waals surface area contributed by atoms with Crippen LogP contribution < -0.4 is 10.1 Å². The monoisotopic (exact) mass is 494 g/mol. The number of nitrogens with one attached hydrogen (secondary N) is 1. The van der Waals surface area contributed by atoms with Crippen LogP contribution in [0.1, 0.15) is 54.7 Å². The van der Waals surface area contributed by atoms with Gasteiger partial charge in [0.15, 0.2) is 0 Å². The fourth-order valence-corrected chi connectivity index (χ4v) is 4.40. The van der Waals surface area contributed by atoms with Crippen molar-refractivity contribution < 1.29 is 19.1 Å². The number of fused-ring (bicyclic) bond motifs is 1. The molecule has 1 N–H and O–H groups in total. The molecule has 0 atom stereocenters. The Kier molecular flexibility index (Phi) is 6.81. The standard InChI is InChI=1S/C29H26N4O4/c1-2-37-26-12-11-22(19-33-28(35)23-9-3-4-10-24(23)29(33)36)16-25(26)27(34)30-17-20-7-5-8-21(15-20)18-32-14-6-13-31-32/h3-16H,2,17-19H2,1H3,(H,30,34). The van der Waals surface area contributed by atoms with Gasteiger partial charge in [0.2, 0.25) is 0 Å². The van der Waals surface area contributed by atoms with Gasteiger partial charge in [-0.05, 0) is 53.9 Å². The van der Waals surface area contributed by atoms with Crippen molar-refractivity contribution >= 4 is 17.7 Å². The van der Waals surface area contributed by atoms with E-state index in [1.807, 2.05) is 48.1 Å². The molecule has 3 amide bonds. The molecule has 8 nitrogen and oxygen atoms in total. The third-order valence-electron chi connectivity index (χ3n) is 6.16. The molecule has 0 saturated heterocycles. The van der Waals surface area contributed by atoms with E-state index in [0.717, 1.165) is 11.1 Å². The minimum absolute atomic E-state index is 0.0640. The summed E-state index contributed by atoms with van der Waals surface area (Å²) in [5.74, 6) is -0.533. The number of benzene rings is 3. The summed E-state index contributed by atoms with van der Waals surface area (Å²) in [7, 11) is 0. The molecule has 186 valence electrons. The number of carbonyl (C=O) groups excluding carboxylic acids is 3.